The Bertz CT molecular complexity index is 1210. The van der Waals surface area contributed by atoms with E-state index in [4.69, 9.17) is 20.9 Å². The summed E-state index contributed by atoms with van der Waals surface area (Å²) in [4.78, 5) is -0.167. The Labute approximate surface area is 180 Å². The van der Waals surface area contributed by atoms with Crippen molar-refractivity contribution in [1.82, 2.24) is 0 Å². The highest BCUT2D eigenvalue weighted by Crippen LogP contribution is 2.42. The minimum absolute atomic E-state index is 0.0433. The van der Waals surface area contributed by atoms with E-state index >= 15 is 0 Å². The van der Waals surface area contributed by atoms with E-state index in [1.54, 1.807) is 72.8 Å². The van der Waals surface area contributed by atoms with Crippen LogP contribution in [-0.4, -0.2) is 8.42 Å². The molecule has 0 radical (unpaired) electrons. The van der Waals surface area contributed by atoms with E-state index in [9.17, 15) is 8.42 Å². The maximum absolute atomic E-state index is 13.7. The third-order valence-corrected chi connectivity index (χ3v) is 6.33. The molecule has 31 heavy (non-hydrogen) atoms. The number of benzene rings is 4. The summed E-state index contributed by atoms with van der Waals surface area (Å²) in [6.07, 6.45) is 0. The fraction of sp³-hybridized carbons (Fsp3) is 0. The lowest BCUT2D eigenvalue weighted by atomic mass is 10.3. The Morgan fingerprint density at radius 2 is 0.903 bits per heavy atom. The van der Waals surface area contributed by atoms with Crippen molar-refractivity contribution < 1.29 is 17.9 Å². The number of hydrogen-bond acceptors (Lipinski definition) is 6. The SMILES string of the molecule is Nc1cccc(S(=O)(=O)c2cccc(N)c2Oc2ccccc2)c1Oc1ccccc1. The second kappa shape index (κ2) is 8.41. The summed E-state index contributed by atoms with van der Waals surface area (Å²) in [5, 5.41) is 0. The quantitative estimate of drug-likeness (QED) is 0.402. The Balaban J connectivity index is 1.84. The zero-order chi connectivity index (χ0) is 21.8. The average Bonchev–Trinajstić information content (AvgIpc) is 2.78. The molecule has 0 atom stereocenters. The van der Waals surface area contributed by atoms with E-state index in [2.05, 4.69) is 0 Å². The molecule has 7 heteroatoms. The van der Waals surface area contributed by atoms with E-state index in [0.29, 0.717) is 11.5 Å². The number of sulfone groups is 1. The fourth-order valence-corrected chi connectivity index (χ4v) is 4.60. The van der Waals surface area contributed by atoms with Crippen molar-refractivity contribution in [2.45, 2.75) is 9.79 Å². The molecule has 0 aliphatic carbocycles. The summed E-state index contributed by atoms with van der Waals surface area (Å²) >= 11 is 0. The number of ether oxygens (including phenoxy) is 2. The Morgan fingerprint density at radius 3 is 1.29 bits per heavy atom. The van der Waals surface area contributed by atoms with Gasteiger partial charge in [-0.05, 0) is 48.5 Å². The van der Waals surface area contributed by atoms with E-state index in [1.165, 1.54) is 12.1 Å². The van der Waals surface area contributed by atoms with Crippen LogP contribution in [0.25, 0.3) is 0 Å². The van der Waals surface area contributed by atoms with Crippen molar-refractivity contribution in [2.75, 3.05) is 11.5 Å². The van der Waals surface area contributed by atoms with Gasteiger partial charge in [-0.1, -0.05) is 48.5 Å². The lowest BCUT2D eigenvalue weighted by molar-refractivity contribution is 0.464. The van der Waals surface area contributed by atoms with Gasteiger partial charge in [0, 0.05) is 0 Å². The standard InChI is InChI=1S/C24H20N2O4S/c25-19-13-7-15-21(23(19)29-17-9-3-1-4-10-17)31(27,28)22-16-8-14-20(26)24(22)30-18-11-5-2-6-12-18/h1-16H,25-26H2. The van der Waals surface area contributed by atoms with Gasteiger partial charge in [-0.2, -0.15) is 0 Å². The Hall–Kier alpha value is -3.97. The molecule has 0 fully saturated rings. The summed E-state index contributed by atoms with van der Waals surface area (Å²) in [7, 11) is -4.10. The van der Waals surface area contributed by atoms with E-state index < -0.39 is 9.84 Å². The molecule has 0 bridgehead atoms. The third-order valence-electron chi connectivity index (χ3n) is 4.52. The number of hydrogen-bond donors (Lipinski definition) is 2. The van der Waals surface area contributed by atoms with Gasteiger partial charge >= 0.3 is 0 Å². The lowest BCUT2D eigenvalue weighted by Crippen LogP contribution is -2.08. The molecule has 0 saturated carbocycles. The summed E-state index contributed by atoms with van der Waals surface area (Å²) in [6, 6.07) is 26.8. The average molecular weight is 433 g/mol. The highest BCUT2D eigenvalue weighted by atomic mass is 32.2. The first-order chi connectivity index (χ1) is 15.0. The van der Waals surface area contributed by atoms with Crippen LogP contribution in [0.2, 0.25) is 0 Å². The maximum atomic E-state index is 13.7. The first-order valence-electron chi connectivity index (χ1n) is 9.44. The second-order valence-electron chi connectivity index (χ2n) is 6.68. The van der Waals surface area contributed by atoms with Gasteiger partial charge in [0.05, 0.1) is 11.4 Å². The van der Waals surface area contributed by atoms with Crippen LogP contribution in [0.15, 0.2) is 107 Å². The Kier molecular flexibility index (Phi) is 5.51. The molecule has 0 aromatic heterocycles. The van der Waals surface area contributed by atoms with Crippen LogP contribution in [-0.2, 0) is 9.84 Å². The van der Waals surface area contributed by atoms with Gasteiger partial charge in [-0.25, -0.2) is 8.42 Å². The smallest absolute Gasteiger partial charge is 0.214 e. The van der Waals surface area contributed by atoms with Crippen LogP contribution in [0.5, 0.6) is 23.0 Å². The molecule has 0 heterocycles. The molecule has 0 spiro atoms. The van der Waals surface area contributed by atoms with Crippen LogP contribution >= 0.6 is 0 Å². The number of nitrogens with two attached hydrogens (primary N) is 2. The third kappa shape index (κ3) is 4.17. The molecule has 0 aliphatic heterocycles. The summed E-state index contributed by atoms with van der Waals surface area (Å²) < 4.78 is 39.1. The first kappa shape index (κ1) is 20.3. The minimum atomic E-state index is -4.10. The molecule has 6 nitrogen and oxygen atoms in total. The zero-order valence-electron chi connectivity index (χ0n) is 16.4. The lowest BCUT2D eigenvalue weighted by Gasteiger charge is -2.17. The van der Waals surface area contributed by atoms with E-state index in [-0.39, 0.29) is 32.7 Å². The molecular weight excluding hydrogens is 412 g/mol. The first-order valence-corrected chi connectivity index (χ1v) is 10.9. The van der Waals surface area contributed by atoms with Crippen molar-refractivity contribution in [3.05, 3.63) is 97.1 Å². The molecule has 0 aliphatic rings. The predicted octanol–water partition coefficient (Wildman–Crippen LogP) is 5.27. The highest BCUT2D eigenvalue weighted by molar-refractivity contribution is 7.91. The summed E-state index contributed by atoms with van der Waals surface area (Å²) in [5.41, 5.74) is 12.6. The van der Waals surface area contributed by atoms with Gasteiger partial charge in [-0.3, -0.25) is 0 Å². The van der Waals surface area contributed by atoms with Crippen molar-refractivity contribution in [3.63, 3.8) is 0 Å². The number of para-hydroxylation sites is 4. The second-order valence-corrected chi connectivity index (χ2v) is 8.57. The van der Waals surface area contributed by atoms with Crippen LogP contribution in [0, 0.1) is 0 Å². The topological polar surface area (TPSA) is 105 Å². The fourth-order valence-electron chi connectivity index (χ4n) is 3.04. The van der Waals surface area contributed by atoms with Gasteiger partial charge in [0.25, 0.3) is 0 Å². The van der Waals surface area contributed by atoms with Crippen LogP contribution in [0.4, 0.5) is 11.4 Å². The molecule has 0 saturated heterocycles. The molecule has 4 N–H and O–H groups in total. The molecule has 0 amide bonds. The minimum Gasteiger partial charge on any atom is -0.454 e. The normalized spacial score (nSPS) is 11.1. The van der Waals surface area contributed by atoms with Crippen LogP contribution in [0.3, 0.4) is 0 Å². The molecule has 0 unspecified atom stereocenters. The van der Waals surface area contributed by atoms with Crippen molar-refractivity contribution in [1.29, 1.82) is 0 Å². The number of anilines is 2. The number of rotatable bonds is 6. The summed E-state index contributed by atoms with van der Waals surface area (Å²) in [6.45, 7) is 0. The van der Waals surface area contributed by atoms with Gasteiger partial charge < -0.3 is 20.9 Å². The molecule has 156 valence electrons. The van der Waals surface area contributed by atoms with E-state index in [0.717, 1.165) is 0 Å². The van der Waals surface area contributed by atoms with Crippen LogP contribution in [0.1, 0.15) is 0 Å². The number of nitrogen functional groups attached to an aromatic ring is 2. The van der Waals surface area contributed by atoms with Gasteiger partial charge in [-0.15, -0.1) is 0 Å². The maximum Gasteiger partial charge on any atom is 0.214 e. The van der Waals surface area contributed by atoms with Crippen molar-refractivity contribution >= 4 is 21.2 Å². The molecule has 4 aromatic carbocycles. The van der Waals surface area contributed by atoms with Gasteiger partial charge in [0.1, 0.15) is 21.3 Å². The van der Waals surface area contributed by atoms with Gasteiger partial charge in [0.15, 0.2) is 11.5 Å². The molecule has 4 aromatic rings. The van der Waals surface area contributed by atoms with E-state index in [1.807, 2.05) is 12.1 Å². The zero-order valence-corrected chi connectivity index (χ0v) is 17.3. The van der Waals surface area contributed by atoms with Crippen molar-refractivity contribution in [3.8, 4) is 23.0 Å². The summed E-state index contributed by atoms with van der Waals surface area (Å²) in [5.74, 6) is 1.01. The van der Waals surface area contributed by atoms with Crippen LogP contribution < -0.4 is 20.9 Å². The highest BCUT2D eigenvalue weighted by Gasteiger charge is 2.29. The monoisotopic (exact) mass is 432 g/mol. The van der Waals surface area contributed by atoms with Gasteiger partial charge in [0.2, 0.25) is 9.84 Å². The van der Waals surface area contributed by atoms with Crippen molar-refractivity contribution in [2.24, 2.45) is 0 Å². The Morgan fingerprint density at radius 1 is 0.516 bits per heavy atom. The largest absolute Gasteiger partial charge is 0.454 e. The predicted molar refractivity (Wildman–Crippen MR) is 120 cm³/mol. The molecule has 4 rings (SSSR count). The molecular formula is C24H20N2O4S.